The Morgan fingerprint density at radius 1 is 1.22 bits per heavy atom. The molecule has 122 valence electrons. The summed E-state index contributed by atoms with van der Waals surface area (Å²) in [5, 5.41) is 12.5. The van der Waals surface area contributed by atoms with Crippen molar-refractivity contribution in [3.8, 4) is 0 Å². The molecule has 0 aliphatic rings. The maximum atomic E-state index is 12.5. The molecule has 0 aliphatic carbocycles. The normalized spacial score (nSPS) is 11.7. The standard InChI is InChI=1S/C14H16N4O2S3/c1-3-15-12(20)16-11(19)10(9-7-5-4-6-8-9)22-14-18-17-13(21-2)23-14/h4-8,10H,3H2,1-2H3,(H2,15,16,19,20)/t10-/m0/s1. The molecule has 2 N–H and O–H groups in total. The summed E-state index contributed by atoms with van der Waals surface area (Å²) >= 11 is 4.22. The molecule has 0 saturated heterocycles. The maximum Gasteiger partial charge on any atom is 0.321 e. The van der Waals surface area contributed by atoms with Crippen LogP contribution in [0.4, 0.5) is 4.79 Å². The topological polar surface area (TPSA) is 84.0 Å². The number of carbonyl (C=O) groups is 2. The van der Waals surface area contributed by atoms with Gasteiger partial charge in [-0.1, -0.05) is 65.2 Å². The van der Waals surface area contributed by atoms with E-state index in [-0.39, 0.29) is 5.91 Å². The van der Waals surface area contributed by atoms with Gasteiger partial charge in [0, 0.05) is 6.54 Å². The van der Waals surface area contributed by atoms with Crippen LogP contribution in [0, 0.1) is 0 Å². The first-order valence-corrected chi connectivity index (χ1v) is 9.74. The fourth-order valence-electron chi connectivity index (χ4n) is 1.71. The fourth-order valence-corrected chi connectivity index (χ4v) is 4.34. The van der Waals surface area contributed by atoms with Crippen molar-refractivity contribution in [1.82, 2.24) is 20.8 Å². The molecule has 2 aromatic rings. The van der Waals surface area contributed by atoms with Crippen molar-refractivity contribution in [2.45, 2.75) is 20.9 Å². The number of urea groups is 1. The predicted octanol–water partition coefficient (Wildman–Crippen LogP) is 2.94. The van der Waals surface area contributed by atoms with Gasteiger partial charge in [-0.2, -0.15) is 0 Å². The van der Waals surface area contributed by atoms with E-state index < -0.39 is 11.3 Å². The van der Waals surface area contributed by atoms with Crippen LogP contribution in [0.1, 0.15) is 17.7 Å². The van der Waals surface area contributed by atoms with Crippen LogP contribution in [0.2, 0.25) is 0 Å². The molecule has 1 atom stereocenters. The van der Waals surface area contributed by atoms with Crippen molar-refractivity contribution in [2.75, 3.05) is 12.8 Å². The molecule has 0 bridgehead atoms. The van der Waals surface area contributed by atoms with Gasteiger partial charge in [0.15, 0.2) is 8.68 Å². The highest BCUT2D eigenvalue weighted by molar-refractivity contribution is 8.03. The molecule has 6 nitrogen and oxygen atoms in total. The third-order valence-electron chi connectivity index (χ3n) is 2.70. The second-order valence-corrected chi connectivity index (χ2v) is 7.68. The Labute approximate surface area is 146 Å². The summed E-state index contributed by atoms with van der Waals surface area (Å²) in [7, 11) is 0. The van der Waals surface area contributed by atoms with Gasteiger partial charge in [-0.25, -0.2) is 4.79 Å². The fraction of sp³-hybridized carbons (Fsp3) is 0.286. The molecular weight excluding hydrogens is 352 g/mol. The molecule has 0 saturated carbocycles. The van der Waals surface area contributed by atoms with Gasteiger partial charge in [-0.05, 0) is 18.7 Å². The Balaban J connectivity index is 2.18. The van der Waals surface area contributed by atoms with Crippen LogP contribution < -0.4 is 10.6 Å². The smallest absolute Gasteiger partial charge is 0.321 e. The average molecular weight is 369 g/mol. The molecule has 1 aromatic carbocycles. The van der Waals surface area contributed by atoms with Crippen molar-refractivity contribution in [3.05, 3.63) is 35.9 Å². The van der Waals surface area contributed by atoms with Gasteiger partial charge in [0.2, 0.25) is 5.91 Å². The number of rotatable bonds is 6. The third kappa shape index (κ3) is 5.22. The molecule has 23 heavy (non-hydrogen) atoms. The molecule has 0 radical (unpaired) electrons. The van der Waals surface area contributed by atoms with Gasteiger partial charge in [-0.3, -0.25) is 10.1 Å². The van der Waals surface area contributed by atoms with E-state index in [2.05, 4.69) is 20.8 Å². The lowest BCUT2D eigenvalue weighted by atomic mass is 10.1. The molecule has 0 aliphatic heterocycles. The number of nitrogens with one attached hydrogen (secondary N) is 2. The van der Waals surface area contributed by atoms with Crippen LogP contribution in [0.15, 0.2) is 39.0 Å². The second kappa shape index (κ2) is 8.90. The monoisotopic (exact) mass is 368 g/mol. The lowest BCUT2D eigenvalue weighted by molar-refractivity contribution is -0.119. The Hall–Kier alpha value is -1.58. The summed E-state index contributed by atoms with van der Waals surface area (Å²) in [5.41, 5.74) is 0.806. The summed E-state index contributed by atoms with van der Waals surface area (Å²) < 4.78 is 1.53. The molecule has 0 unspecified atom stereocenters. The minimum atomic E-state index is -0.568. The molecule has 0 spiro atoms. The van der Waals surface area contributed by atoms with Crippen LogP contribution in [-0.2, 0) is 4.79 Å². The van der Waals surface area contributed by atoms with Crippen LogP contribution >= 0.6 is 34.9 Å². The summed E-state index contributed by atoms with van der Waals surface area (Å²) in [6, 6.07) is 8.80. The Kier molecular flexibility index (Phi) is 6.87. The number of thioether (sulfide) groups is 2. The molecule has 2 rings (SSSR count). The number of hydrogen-bond acceptors (Lipinski definition) is 7. The van der Waals surface area contributed by atoms with Crippen LogP contribution in [0.3, 0.4) is 0 Å². The van der Waals surface area contributed by atoms with Gasteiger partial charge in [-0.15, -0.1) is 10.2 Å². The quantitative estimate of drug-likeness (QED) is 0.763. The number of aromatic nitrogens is 2. The van der Waals surface area contributed by atoms with E-state index in [9.17, 15) is 9.59 Å². The highest BCUT2D eigenvalue weighted by atomic mass is 32.2. The van der Waals surface area contributed by atoms with E-state index in [1.807, 2.05) is 36.6 Å². The number of imide groups is 1. The first-order chi connectivity index (χ1) is 11.1. The number of carbonyl (C=O) groups excluding carboxylic acids is 2. The maximum absolute atomic E-state index is 12.5. The summed E-state index contributed by atoms with van der Waals surface area (Å²) in [6.07, 6.45) is 1.92. The molecular formula is C14H16N4O2S3. The van der Waals surface area contributed by atoms with E-state index in [0.717, 1.165) is 9.90 Å². The van der Waals surface area contributed by atoms with E-state index in [4.69, 9.17) is 0 Å². The Morgan fingerprint density at radius 3 is 2.52 bits per heavy atom. The molecule has 1 heterocycles. The zero-order valence-electron chi connectivity index (χ0n) is 12.6. The van der Waals surface area contributed by atoms with E-state index >= 15 is 0 Å². The van der Waals surface area contributed by atoms with Crippen molar-refractivity contribution >= 4 is 46.8 Å². The Morgan fingerprint density at radius 2 is 1.91 bits per heavy atom. The average Bonchev–Trinajstić information content (AvgIpc) is 3.01. The van der Waals surface area contributed by atoms with Gasteiger partial charge < -0.3 is 5.32 Å². The highest BCUT2D eigenvalue weighted by Gasteiger charge is 2.25. The minimum absolute atomic E-state index is 0.381. The van der Waals surface area contributed by atoms with Crippen LogP contribution in [-0.4, -0.2) is 34.9 Å². The number of hydrogen-bond donors (Lipinski definition) is 2. The first kappa shape index (κ1) is 17.8. The third-order valence-corrected chi connectivity index (χ3v) is 5.93. The zero-order valence-corrected chi connectivity index (χ0v) is 15.1. The summed E-state index contributed by atoms with van der Waals surface area (Å²) in [5.74, 6) is -0.381. The zero-order chi connectivity index (χ0) is 16.7. The van der Waals surface area contributed by atoms with Gasteiger partial charge in [0.1, 0.15) is 5.25 Å². The number of amides is 3. The molecule has 0 fully saturated rings. The predicted molar refractivity (Wildman–Crippen MR) is 93.9 cm³/mol. The van der Waals surface area contributed by atoms with E-state index in [1.54, 1.807) is 6.92 Å². The molecule has 9 heteroatoms. The largest absolute Gasteiger partial charge is 0.338 e. The molecule has 1 aromatic heterocycles. The van der Waals surface area contributed by atoms with Gasteiger partial charge in [0.05, 0.1) is 0 Å². The van der Waals surface area contributed by atoms with E-state index in [0.29, 0.717) is 10.9 Å². The van der Waals surface area contributed by atoms with Crippen molar-refractivity contribution in [2.24, 2.45) is 0 Å². The number of benzene rings is 1. The molecule has 3 amide bonds. The van der Waals surface area contributed by atoms with Crippen molar-refractivity contribution in [3.63, 3.8) is 0 Å². The summed E-state index contributed by atoms with van der Waals surface area (Å²) in [6.45, 7) is 2.24. The number of nitrogens with zero attached hydrogens (tertiary/aromatic N) is 2. The summed E-state index contributed by atoms with van der Waals surface area (Å²) in [4.78, 5) is 24.1. The second-order valence-electron chi connectivity index (χ2n) is 4.30. The lowest BCUT2D eigenvalue weighted by Crippen LogP contribution is -2.41. The first-order valence-electron chi connectivity index (χ1n) is 6.81. The van der Waals surface area contributed by atoms with E-state index in [1.165, 1.54) is 34.9 Å². The van der Waals surface area contributed by atoms with Crippen molar-refractivity contribution < 1.29 is 9.59 Å². The van der Waals surface area contributed by atoms with Crippen LogP contribution in [0.25, 0.3) is 0 Å². The van der Waals surface area contributed by atoms with Crippen LogP contribution in [0.5, 0.6) is 0 Å². The highest BCUT2D eigenvalue weighted by Crippen LogP contribution is 2.38. The SMILES string of the molecule is CCNC(=O)NC(=O)[C@@H](Sc1nnc(SC)s1)c1ccccc1. The minimum Gasteiger partial charge on any atom is -0.338 e. The van der Waals surface area contributed by atoms with Gasteiger partial charge in [0.25, 0.3) is 0 Å². The van der Waals surface area contributed by atoms with Gasteiger partial charge >= 0.3 is 6.03 Å². The van der Waals surface area contributed by atoms with Crippen molar-refractivity contribution in [1.29, 1.82) is 0 Å². The Bertz CT molecular complexity index is 663. The lowest BCUT2D eigenvalue weighted by Gasteiger charge is -2.15.